The average Bonchev–Trinajstić information content (AvgIpc) is 1.51. The fourth-order valence-electron chi connectivity index (χ4n) is 26.5. The molecule has 0 saturated carbocycles. The highest BCUT2D eigenvalue weighted by atomic mass is 15.3. The van der Waals surface area contributed by atoms with Gasteiger partial charge in [0.1, 0.15) is 11.6 Å². The van der Waals surface area contributed by atoms with E-state index in [-0.39, 0.29) is 0 Å². The molecule has 0 fully saturated rings. The molecule has 4 heterocycles. The molecule has 25 aromatic rings. The van der Waals surface area contributed by atoms with Crippen molar-refractivity contribution < 1.29 is 0 Å². The largest absolute Gasteiger partial charge is 0.309 e. The molecule has 0 aliphatic heterocycles. The van der Waals surface area contributed by atoms with Gasteiger partial charge in [-0.2, -0.15) is 9.97 Å². The summed E-state index contributed by atoms with van der Waals surface area (Å²) in [6.07, 6.45) is 0. The van der Waals surface area contributed by atoms with Gasteiger partial charge in [0.25, 0.3) is 0 Å². The molecule has 0 radical (unpaired) electrons. The maximum atomic E-state index is 6.15. The summed E-state index contributed by atoms with van der Waals surface area (Å²) in [7, 11) is 0. The topological polar surface area (TPSA) is 50.3 Å². The first-order chi connectivity index (χ1) is 70.0. The van der Waals surface area contributed by atoms with Crippen LogP contribution in [0, 0.1) is 0 Å². The van der Waals surface area contributed by atoms with Gasteiger partial charge in [-0.05, 0) is 279 Å². The Morgan fingerprint density at radius 1 is 0.149 bits per heavy atom. The highest BCUT2D eigenvalue weighted by Gasteiger charge is 2.55. The molecule has 8 nitrogen and oxygen atoms in total. The molecular formula is C133H82N8. The molecule has 8 heteroatoms. The molecule has 0 saturated heterocycles. The van der Waals surface area contributed by atoms with E-state index in [0.29, 0.717) is 17.6 Å². The standard InChI is InChI=1S/C133H82N8/c1-4-34-83(35-5-1)136(86-67-73-125-107(76-86)104-49-19-31-61-122(104)139(125)89-64-70-101-98-46-16-28-58-116(98)131(119(101)79-89)110-52-22-10-40-92(110)93-41-11-23-53-111(93)131)128-82-129(137(84-36-6-2-7-37-84)87-68-74-126-108(77-87)105-50-20-32-62-123(105)140(126)90-65-71-102-99-47-17-29-59-117(99)132(120(102)80-90)112-54-24-12-42-94(112)95-43-13-25-55-113(95)132)135-130(134-128)138(85-38-8-3-9-39-85)88-69-75-127-109(78-88)106-51-21-33-63-124(106)141(127)91-66-72-103-100-48-18-30-60-118(100)133(121(103)81-91)114-56-26-14-44-96(114)97-45-15-27-57-115(97)133/h1-82H. The van der Waals surface area contributed by atoms with Crippen molar-refractivity contribution in [2.75, 3.05) is 14.7 Å². The van der Waals surface area contributed by atoms with Crippen LogP contribution >= 0.6 is 0 Å². The van der Waals surface area contributed by atoms with Crippen LogP contribution in [0.5, 0.6) is 0 Å². The number of benzene rings is 21. The SMILES string of the molecule is c1ccc(N(c2ccc3c(c2)c2ccccc2n3-c2ccc3c(c2)C2(c4ccccc4-c4ccccc42)c2ccccc2-3)c2cc(N(c3ccccc3)c3ccc4c(c3)c3ccccc3n4-c3ccc4c(c3)C3(c5ccccc5-c5ccccc53)c3ccccc3-4)nc(N(c3ccccc3)c3ccc4c(c3)c3ccccc3n4-c3ccc4c(c3)C3(c5ccccc5-c5ccccc53)c3ccccc3-4)n2)cc1. The summed E-state index contributed by atoms with van der Waals surface area (Å²) in [5, 5.41) is 6.67. The van der Waals surface area contributed by atoms with Crippen molar-refractivity contribution in [2.24, 2.45) is 0 Å². The number of hydrogen-bond donors (Lipinski definition) is 0. The van der Waals surface area contributed by atoms with Gasteiger partial charge in [0, 0.05) is 89.6 Å². The zero-order valence-electron chi connectivity index (χ0n) is 76.4. The van der Waals surface area contributed by atoms with Gasteiger partial charge in [-0.1, -0.05) is 346 Å². The van der Waals surface area contributed by atoms with Crippen molar-refractivity contribution in [1.82, 2.24) is 23.7 Å². The van der Waals surface area contributed by atoms with Gasteiger partial charge in [-0.15, -0.1) is 0 Å². The number of hydrogen-bond acceptors (Lipinski definition) is 5. The summed E-state index contributed by atoms with van der Waals surface area (Å²) in [5.74, 6) is 1.76. The van der Waals surface area contributed by atoms with Crippen LogP contribution in [0.4, 0.5) is 51.7 Å². The van der Waals surface area contributed by atoms with Crippen LogP contribution < -0.4 is 14.7 Å². The second-order valence-electron chi connectivity index (χ2n) is 38.4. The van der Waals surface area contributed by atoms with Crippen LogP contribution in [0.2, 0.25) is 0 Å². The molecule has 0 N–H and O–H groups in total. The van der Waals surface area contributed by atoms with Crippen LogP contribution in [0.25, 0.3) is 149 Å². The Labute approximate surface area is 814 Å². The molecule has 0 amide bonds. The van der Waals surface area contributed by atoms with Gasteiger partial charge in [0.2, 0.25) is 5.95 Å². The molecule has 3 spiro atoms. The van der Waals surface area contributed by atoms with Crippen molar-refractivity contribution in [3.05, 3.63) is 564 Å². The first-order valence-corrected chi connectivity index (χ1v) is 48.8. The van der Waals surface area contributed by atoms with E-state index in [4.69, 9.17) is 9.97 Å². The number of fused-ring (bicyclic) bond motifs is 39. The van der Waals surface area contributed by atoms with Crippen molar-refractivity contribution in [1.29, 1.82) is 0 Å². The molecule has 654 valence electrons. The molecule has 0 bridgehead atoms. The zero-order chi connectivity index (χ0) is 92.1. The van der Waals surface area contributed by atoms with E-state index in [1.54, 1.807) is 0 Å². The Morgan fingerprint density at radius 2 is 0.362 bits per heavy atom. The quantitative estimate of drug-likeness (QED) is 0.122. The lowest BCUT2D eigenvalue weighted by atomic mass is 9.70. The Morgan fingerprint density at radius 3 is 0.631 bits per heavy atom. The predicted octanol–water partition coefficient (Wildman–Crippen LogP) is 33.2. The number of nitrogens with zero attached hydrogens (tertiary/aromatic N) is 8. The zero-order valence-corrected chi connectivity index (χ0v) is 76.4. The maximum absolute atomic E-state index is 6.15. The third-order valence-electron chi connectivity index (χ3n) is 31.8. The summed E-state index contributed by atoms with van der Waals surface area (Å²) >= 11 is 0. The van der Waals surface area contributed by atoms with E-state index >= 15 is 0 Å². The maximum Gasteiger partial charge on any atom is 0.238 e. The number of aromatic nitrogens is 5. The second-order valence-corrected chi connectivity index (χ2v) is 38.4. The molecule has 21 aromatic carbocycles. The summed E-state index contributed by atoms with van der Waals surface area (Å²) in [6.45, 7) is 0. The first kappa shape index (κ1) is 77.8. The Kier molecular flexibility index (Phi) is 16.1. The minimum absolute atomic E-state index is 0.461. The smallest absolute Gasteiger partial charge is 0.238 e. The summed E-state index contributed by atoms with van der Waals surface area (Å²) in [6, 6.07) is 186. The third-order valence-corrected chi connectivity index (χ3v) is 31.8. The van der Waals surface area contributed by atoms with Gasteiger partial charge in [0.05, 0.1) is 49.3 Å². The summed E-state index contributed by atoms with van der Waals surface area (Å²) in [5.41, 5.74) is 44.6. The highest BCUT2D eigenvalue weighted by molar-refractivity contribution is 6.15. The molecule has 6 aliphatic rings. The minimum Gasteiger partial charge on any atom is -0.309 e. The first-order valence-electron chi connectivity index (χ1n) is 48.8. The van der Waals surface area contributed by atoms with E-state index in [1.807, 2.05) is 0 Å². The normalized spacial score (nSPS) is 13.7. The molecule has 0 unspecified atom stereocenters. The van der Waals surface area contributed by atoms with Gasteiger partial charge >= 0.3 is 0 Å². The van der Waals surface area contributed by atoms with Gasteiger partial charge in [-0.3, -0.25) is 14.7 Å². The van der Waals surface area contributed by atoms with Crippen molar-refractivity contribution in [3.8, 4) is 83.8 Å². The molecule has 0 atom stereocenters. The van der Waals surface area contributed by atoms with Crippen LogP contribution in [0.3, 0.4) is 0 Å². The van der Waals surface area contributed by atoms with E-state index in [0.717, 1.165) is 117 Å². The fraction of sp³-hybridized carbons (Fsp3) is 0.0226. The van der Waals surface area contributed by atoms with Crippen LogP contribution in [-0.2, 0) is 16.2 Å². The summed E-state index contributed by atoms with van der Waals surface area (Å²) < 4.78 is 7.47. The minimum atomic E-state index is -0.531. The summed E-state index contributed by atoms with van der Waals surface area (Å²) in [4.78, 5) is 19.3. The van der Waals surface area contributed by atoms with E-state index < -0.39 is 16.2 Å². The Hall–Kier alpha value is -18.5. The van der Waals surface area contributed by atoms with Crippen LogP contribution in [0.15, 0.2) is 497 Å². The Balaban J connectivity index is 0.616. The highest BCUT2D eigenvalue weighted by Crippen LogP contribution is 2.68. The molecule has 4 aromatic heterocycles. The number of anilines is 9. The lowest BCUT2D eigenvalue weighted by molar-refractivity contribution is 0.792. The second kappa shape index (κ2) is 29.3. The molecule has 6 aliphatic carbocycles. The van der Waals surface area contributed by atoms with E-state index in [9.17, 15) is 0 Å². The van der Waals surface area contributed by atoms with Crippen molar-refractivity contribution in [2.45, 2.75) is 16.2 Å². The lowest BCUT2D eigenvalue weighted by Gasteiger charge is -2.31. The van der Waals surface area contributed by atoms with Crippen LogP contribution in [0.1, 0.15) is 66.8 Å². The lowest BCUT2D eigenvalue weighted by Crippen LogP contribution is -2.26. The van der Waals surface area contributed by atoms with Crippen molar-refractivity contribution >= 4 is 117 Å². The van der Waals surface area contributed by atoms with E-state index in [2.05, 4.69) is 526 Å². The van der Waals surface area contributed by atoms with E-state index in [1.165, 1.54) is 134 Å². The van der Waals surface area contributed by atoms with Gasteiger partial charge in [0.15, 0.2) is 0 Å². The predicted molar refractivity (Wildman–Crippen MR) is 578 cm³/mol. The number of para-hydroxylation sites is 6. The van der Waals surface area contributed by atoms with Gasteiger partial charge in [-0.25, -0.2) is 0 Å². The molecule has 141 heavy (non-hydrogen) atoms. The Bertz CT molecular complexity index is 8610. The fourth-order valence-corrected chi connectivity index (χ4v) is 26.5. The molecule has 31 rings (SSSR count). The van der Waals surface area contributed by atoms with Crippen LogP contribution in [-0.4, -0.2) is 23.7 Å². The monoisotopic (exact) mass is 1790 g/mol. The molecular weight excluding hydrogens is 1710 g/mol. The third kappa shape index (κ3) is 10.4. The van der Waals surface area contributed by atoms with Crippen molar-refractivity contribution in [3.63, 3.8) is 0 Å². The number of rotatable bonds is 12. The average molecular weight is 1790 g/mol. The van der Waals surface area contributed by atoms with Gasteiger partial charge < -0.3 is 13.7 Å².